The van der Waals surface area contributed by atoms with E-state index in [9.17, 15) is 38.9 Å². The predicted molar refractivity (Wildman–Crippen MR) is 113 cm³/mol. The van der Waals surface area contributed by atoms with E-state index in [1.807, 2.05) is 6.92 Å². The summed E-state index contributed by atoms with van der Waals surface area (Å²) >= 11 is 0. The molecule has 36 heavy (non-hydrogen) atoms. The number of likely N-dealkylation sites (N-methyl/N-ethyl adjacent to an activating group) is 1. The van der Waals surface area contributed by atoms with Crippen LogP contribution in [0.15, 0.2) is 18.2 Å². The van der Waals surface area contributed by atoms with Crippen LogP contribution in [0.4, 0.5) is 0 Å². The minimum absolute atomic E-state index is 0. The molecule has 0 aliphatic heterocycles. The molecule has 0 fully saturated rings. The van der Waals surface area contributed by atoms with Crippen LogP contribution in [0.5, 0.6) is 0 Å². The fraction of sp³-hybridized carbons (Fsp3) is 0.700. The van der Waals surface area contributed by atoms with E-state index >= 15 is 0 Å². The smallest absolute Gasteiger partial charge is 0.811 e. The van der Waals surface area contributed by atoms with Gasteiger partial charge in [0.25, 0.3) is 0 Å². The van der Waals surface area contributed by atoms with E-state index < -0.39 is 33.1 Å². The first-order valence-corrected chi connectivity index (χ1v) is 13.9. The minimum atomic E-state index is -4.72. The van der Waals surface area contributed by atoms with E-state index in [1.54, 1.807) is 30.1 Å². The Balaban J connectivity index is -0.00000128. The number of hydrogen-bond acceptors (Lipinski definition) is 10. The third-order valence-corrected chi connectivity index (χ3v) is 6.83. The molecule has 2 N–H and O–H groups in total. The third kappa shape index (κ3) is 19.5. The van der Waals surface area contributed by atoms with Crippen LogP contribution >= 0.6 is 15.2 Å². The molecule has 0 aliphatic rings. The second kappa shape index (κ2) is 22.9. The topological polar surface area (TPSA) is 179 Å². The SMILES string of the molecule is CCCCOCC(CO)(CO)N(C)Cc1cc(CCP(=O)([O-])[O-])cc(CCP(=O)([O-])[O-])c1.[Na+].[Na+].[Na+].[Na+]. The first-order valence-electron chi connectivity index (χ1n) is 10.5. The number of rotatable bonds is 16. The summed E-state index contributed by atoms with van der Waals surface area (Å²) < 4.78 is 27.7. The van der Waals surface area contributed by atoms with Gasteiger partial charge in [-0.2, -0.15) is 0 Å². The van der Waals surface area contributed by atoms with E-state index in [2.05, 4.69) is 0 Å². The van der Waals surface area contributed by atoms with Crippen LogP contribution < -0.4 is 138 Å². The Morgan fingerprint density at radius 1 is 0.861 bits per heavy atom. The molecule has 186 valence electrons. The summed E-state index contributed by atoms with van der Waals surface area (Å²) in [6.45, 7) is 2.07. The molecule has 0 radical (unpaired) electrons. The van der Waals surface area contributed by atoms with Gasteiger partial charge in [0.2, 0.25) is 0 Å². The Kier molecular flexibility index (Phi) is 29.5. The quantitative estimate of drug-likeness (QED) is 0.108. The van der Waals surface area contributed by atoms with Gasteiger partial charge in [-0.1, -0.05) is 46.7 Å². The molecular weight excluding hydrogens is 552 g/mol. The van der Waals surface area contributed by atoms with E-state index in [0.29, 0.717) is 23.3 Å². The zero-order valence-corrected chi connectivity index (χ0v) is 32.4. The van der Waals surface area contributed by atoms with Crippen molar-refractivity contribution in [2.75, 3.05) is 45.8 Å². The summed E-state index contributed by atoms with van der Waals surface area (Å²) in [4.78, 5) is 45.9. The maximum Gasteiger partial charge on any atom is 1.00 e. The summed E-state index contributed by atoms with van der Waals surface area (Å²) in [5, 5.41) is 19.9. The molecule has 0 atom stereocenters. The zero-order chi connectivity index (χ0) is 24.4. The normalized spacial score (nSPS) is 11.7. The van der Waals surface area contributed by atoms with Crippen molar-refractivity contribution in [1.82, 2.24) is 4.90 Å². The third-order valence-electron chi connectivity index (χ3n) is 5.29. The van der Waals surface area contributed by atoms with E-state index in [-0.39, 0.29) is 157 Å². The van der Waals surface area contributed by atoms with Crippen LogP contribution in [0, 0.1) is 0 Å². The van der Waals surface area contributed by atoms with Crippen LogP contribution in [0.3, 0.4) is 0 Å². The molecule has 16 heteroatoms. The van der Waals surface area contributed by atoms with Gasteiger partial charge in [0, 0.05) is 13.2 Å². The standard InChI is InChI=1S/C20H37NO9P2.4Na/c1-3-4-7-30-16-20(14-22,15-23)21(2)13-19-11-17(5-8-31(24,25)26)10-18(12-19)6-9-32(27,28)29;;;;/h10-12,22-23H,3-9,13-16H2,1-2H3,(H2,24,25,26)(H2,27,28,29);;;;/q;4*+1/p-4. The average Bonchev–Trinajstić information content (AvgIpc) is 2.70. The van der Waals surface area contributed by atoms with Crippen molar-refractivity contribution in [2.24, 2.45) is 0 Å². The Morgan fingerprint density at radius 3 is 1.64 bits per heavy atom. The number of nitrogens with zero attached hydrogens (tertiary/aromatic N) is 1. The molecule has 0 aliphatic carbocycles. The predicted octanol–water partition coefficient (Wildman–Crippen LogP) is -13.4. The summed E-state index contributed by atoms with van der Waals surface area (Å²) in [5.74, 6) is 0. The second-order valence-electron chi connectivity index (χ2n) is 8.13. The molecule has 0 saturated carbocycles. The molecule has 0 bridgehead atoms. The van der Waals surface area contributed by atoms with Gasteiger partial charge in [0.1, 0.15) is 0 Å². The van der Waals surface area contributed by atoms with Crippen molar-refractivity contribution < 1.29 is 162 Å². The zero-order valence-electron chi connectivity index (χ0n) is 22.6. The number of hydrogen-bond donors (Lipinski definition) is 2. The molecule has 0 amide bonds. The summed E-state index contributed by atoms with van der Waals surface area (Å²) in [6.07, 6.45) is 0.509. The van der Waals surface area contributed by atoms with E-state index in [0.717, 1.165) is 12.8 Å². The van der Waals surface area contributed by atoms with Crippen molar-refractivity contribution in [1.29, 1.82) is 0 Å². The van der Waals surface area contributed by atoms with Crippen LogP contribution in [0.1, 0.15) is 36.5 Å². The Labute approximate surface area is 303 Å². The summed E-state index contributed by atoms with van der Waals surface area (Å²) in [6, 6.07) is 4.94. The van der Waals surface area contributed by atoms with Crippen molar-refractivity contribution in [3.63, 3.8) is 0 Å². The number of ether oxygens (including phenoxy) is 1. The van der Waals surface area contributed by atoms with Gasteiger partial charge < -0.3 is 43.7 Å². The summed E-state index contributed by atoms with van der Waals surface area (Å²) in [5.41, 5.74) is 0.617. The van der Waals surface area contributed by atoms with Crippen LogP contribution in [0.2, 0.25) is 0 Å². The molecule has 1 aromatic carbocycles. The average molecular weight is 585 g/mol. The van der Waals surface area contributed by atoms with Crippen molar-refractivity contribution >= 4 is 15.2 Å². The second-order valence-corrected chi connectivity index (χ2v) is 11.5. The number of aryl methyl sites for hydroxylation is 2. The van der Waals surface area contributed by atoms with Gasteiger partial charge >= 0.3 is 118 Å². The molecule has 10 nitrogen and oxygen atoms in total. The van der Waals surface area contributed by atoms with Gasteiger partial charge in [-0.3, -0.25) is 4.90 Å². The van der Waals surface area contributed by atoms with Gasteiger partial charge in [-0.25, -0.2) is 0 Å². The van der Waals surface area contributed by atoms with Gasteiger partial charge in [-0.15, -0.1) is 0 Å². The van der Waals surface area contributed by atoms with Crippen LogP contribution in [-0.2, 0) is 33.3 Å². The molecule has 0 unspecified atom stereocenters. The molecule has 0 heterocycles. The van der Waals surface area contributed by atoms with Crippen LogP contribution in [0.25, 0.3) is 0 Å². The molecule has 0 aromatic heterocycles. The molecule has 0 saturated heterocycles. The maximum absolute atomic E-state index is 11.0. The maximum atomic E-state index is 11.0. The fourth-order valence-electron chi connectivity index (χ4n) is 3.19. The Morgan fingerprint density at radius 2 is 1.28 bits per heavy atom. The molecule has 0 spiro atoms. The Bertz CT molecular complexity index is 763. The molecule has 1 rings (SSSR count). The first-order chi connectivity index (χ1) is 14.8. The van der Waals surface area contributed by atoms with Gasteiger partial charge in [-0.05, 0) is 55.3 Å². The first kappa shape index (κ1) is 46.3. The van der Waals surface area contributed by atoms with E-state index in [1.165, 1.54) is 0 Å². The summed E-state index contributed by atoms with van der Waals surface area (Å²) in [7, 11) is -7.76. The number of benzene rings is 1. The van der Waals surface area contributed by atoms with Crippen molar-refractivity contribution in [3.05, 3.63) is 34.9 Å². The minimum Gasteiger partial charge on any atom is -0.811 e. The van der Waals surface area contributed by atoms with Gasteiger partial charge in [0.05, 0.1) is 25.4 Å². The fourth-order valence-corrected chi connectivity index (χ4v) is 4.26. The number of unbranched alkanes of at least 4 members (excludes halogenated alkanes) is 1. The molecule has 1 aromatic rings. The number of aliphatic hydroxyl groups excluding tert-OH is 2. The van der Waals surface area contributed by atoms with E-state index in [4.69, 9.17) is 4.74 Å². The Hall–Kier alpha value is 3.36. The largest absolute Gasteiger partial charge is 1.00 e. The monoisotopic (exact) mass is 585 g/mol. The molecular formula is C20H33NNa4O9P2. The van der Waals surface area contributed by atoms with Crippen LogP contribution in [-0.4, -0.2) is 66.5 Å². The van der Waals surface area contributed by atoms with Crippen molar-refractivity contribution in [3.8, 4) is 0 Å². The number of aliphatic hydroxyl groups is 2. The van der Waals surface area contributed by atoms with Gasteiger partial charge in [0.15, 0.2) is 0 Å². The van der Waals surface area contributed by atoms with Crippen molar-refractivity contribution in [2.45, 2.75) is 44.7 Å².